The molecule has 1 amide bonds. The summed E-state index contributed by atoms with van der Waals surface area (Å²) in [4.78, 5) is 13.4. The fraction of sp³-hybridized carbons (Fsp3) is 0.870. The van der Waals surface area contributed by atoms with Gasteiger partial charge in [-0.2, -0.15) is 0 Å². The van der Waals surface area contributed by atoms with Crippen LogP contribution in [0, 0.1) is 0 Å². The Balaban J connectivity index is 3.64. The summed E-state index contributed by atoms with van der Waals surface area (Å²) in [5.41, 5.74) is 0. The lowest BCUT2D eigenvalue weighted by atomic mass is 10.1. The van der Waals surface area contributed by atoms with Gasteiger partial charge in [0.2, 0.25) is 5.91 Å². The summed E-state index contributed by atoms with van der Waals surface area (Å²) in [6, 6.07) is 0. The number of aliphatic hydroxyl groups excluding tert-OH is 3. The van der Waals surface area contributed by atoms with Crippen molar-refractivity contribution in [1.29, 1.82) is 0 Å². The van der Waals surface area contributed by atoms with Gasteiger partial charge in [0.05, 0.1) is 19.3 Å². The smallest absolute Gasteiger partial charge is 0.222 e. The maximum absolute atomic E-state index is 12.2. The molecule has 1 atom stereocenters. The molecule has 6 heteroatoms. The first-order chi connectivity index (χ1) is 14.0. The van der Waals surface area contributed by atoms with Gasteiger partial charge < -0.3 is 25.3 Å². The molecule has 4 N–H and O–H groups in total. The number of amides is 1. The van der Waals surface area contributed by atoms with Crippen LogP contribution >= 0.6 is 0 Å². The predicted octanol–water partition coefficient (Wildman–Crippen LogP) is 3.52. The minimum absolute atomic E-state index is 0.0853. The molecule has 0 aliphatic rings. The van der Waals surface area contributed by atoms with Crippen LogP contribution in [0.5, 0.6) is 0 Å². The van der Waals surface area contributed by atoms with Gasteiger partial charge in [0.25, 0.3) is 0 Å². The van der Waals surface area contributed by atoms with Gasteiger partial charge >= 0.3 is 0 Å². The molecule has 0 saturated carbocycles. The van der Waals surface area contributed by atoms with E-state index in [2.05, 4.69) is 19.1 Å². The third kappa shape index (κ3) is 18.8. The Morgan fingerprint density at radius 2 is 1.31 bits per heavy atom. The fourth-order valence-electron chi connectivity index (χ4n) is 3.29. The molecule has 0 saturated heterocycles. The van der Waals surface area contributed by atoms with Crippen LogP contribution in [0.3, 0.4) is 0 Å². The number of carbonyl (C=O) groups excluding carboxylic acids is 1. The minimum atomic E-state index is -1.64. The van der Waals surface area contributed by atoms with Crippen molar-refractivity contribution in [2.75, 3.05) is 19.7 Å². The third-order valence-electron chi connectivity index (χ3n) is 5.03. The van der Waals surface area contributed by atoms with E-state index in [9.17, 15) is 9.90 Å². The zero-order valence-corrected chi connectivity index (χ0v) is 18.5. The van der Waals surface area contributed by atoms with E-state index < -0.39 is 19.0 Å². The van der Waals surface area contributed by atoms with Crippen molar-refractivity contribution in [2.45, 2.75) is 109 Å². The molecule has 0 aliphatic carbocycles. The first-order valence-corrected chi connectivity index (χ1v) is 11.6. The molecular formula is C23H45NO5. The quantitative estimate of drug-likeness (QED) is 0.138. The minimum Gasteiger partial charge on any atom is -0.394 e. The maximum atomic E-state index is 12.2. The highest BCUT2D eigenvalue weighted by Crippen LogP contribution is 2.11. The topological polar surface area (TPSA) is 101 Å². The second-order valence-electron chi connectivity index (χ2n) is 7.95. The SMILES string of the molecule is CCCCCCCCC=CCCCCCCCC(=O)N(CC(O)O)CC(O)CO. The highest BCUT2D eigenvalue weighted by Gasteiger charge is 2.19. The van der Waals surface area contributed by atoms with E-state index in [0.717, 1.165) is 32.1 Å². The van der Waals surface area contributed by atoms with E-state index in [1.165, 1.54) is 56.3 Å². The highest BCUT2D eigenvalue weighted by atomic mass is 16.5. The number of allylic oxidation sites excluding steroid dienone is 2. The van der Waals surface area contributed by atoms with Crippen LogP contribution in [0.4, 0.5) is 0 Å². The number of carbonyl (C=O) groups is 1. The second-order valence-corrected chi connectivity index (χ2v) is 7.95. The number of rotatable bonds is 20. The summed E-state index contributed by atoms with van der Waals surface area (Å²) in [5, 5.41) is 36.5. The van der Waals surface area contributed by atoms with Crippen LogP contribution in [-0.2, 0) is 4.79 Å². The van der Waals surface area contributed by atoms with Crippen LogP contribution in [0.1, 0.15) is 96.8 Å². The average molecular weight is 416 g/mol. The van der Waals surface area contributed by atoms with Gasteiger partial charge in [0.15, 0.2) is 6.29 Å². The zero-order valence-electron chi connectivity index (χ0n) is 18.5. The molecular weight excluding hydrogens is 370 g/mol. The molecule has 0 spiro atoms. The van der Waals surface area contributed by atoms with E-state index >= 15 is 0 Å². The Hall–Kier alpha value is -0.950. The molecule has 0 aromatic rings. The second kappa shape index (κ2) is 20.3. The normalized spacial score (nSPS) is 12.8. The van der Waals surface area contributed by atoms with Gasteiger partial charge in [-0.3, -0.25) is 4.79 Å². The lowest BCUT2D eigenvalue weighted by Crippen LogP contribution is -2.42. The van der Waals surface area contributed by atoms with Crippen LogP contribution in [0.2, 0.25) is 0 Å². The zero-order chi connectivity index (χ0) is 21.7. The lowest BCUT2D eigenvalue weighted by molar-refractivity contribution is -0.140. The van der Waals surface area contributed by atoms with Crippen molar-refractivity contribution >= 4 is 5.91 Å². The Labute approximate surface area is 177 Å². The lowest BCUT2D eigenvalue weighted by Gasteiger charge is -2.25. The van der Waals surface area contributed by atoms with E-state index in [1.54, 1.807) is 0 Å². The van der Waals surface area contributed by atoms with Crippen LogP contribution in [-0.4, -0.2) is 63.3 Å². The van der Waals surface area contributed by atoms with E-state index in [4.69, 9.17) is 15.3 Å². The van der Waals surface area contributed by atoms with Gasteiger partial charge in [-0.05, 0) is 32.1 Å². The molecule has 0 radical (unpaired) electrons. The molecule has 0 aromatic heterocycles. The average Bonchev–Trinajstić information content (AvgIpc) is 2.69. The molecule has 0 bridgehead atoms. The maximum Gasteiger partial charge on any atom is 0.222 e. The van der Waals surface area contributed by atoms with Gasteiger partial charge in [-0.15, -0.1) is 0 Å². The van der Waals surface area contributed by atoms with Crippen LogP contribution in [0.25, 0.3) is 0 Å². The molecule has 0 fully saturated rings. The Morgan fingerprint density at radius 1 is 0.793 bits per heavy atom. The fourth-order valence-corrected chi connectivity index (χ4v) is 3.29. The Morgan fingerprint density at radius 3 is 1.83 bits per heavy atom. The van der Waals surface area contributed by atoms with Crippen molar-refractivity contribution in [3.8, 4) is 0 Å². The molecule has 0 heterocycles. The Kier molecular flexibility index (Phi) is 19.7. The Bertz CT molecular complexity index is 401. The van der Waals surface area contributed by atoms with Crippen molar-refractivity contribution in [1.82, 2.24) is 4.90 Å². The van der Waals surface area contributed by atoms with Gasteiger partial charge in [-0.1, -0.05) is 70.4 Å². The first-order valence-electron chi connectivity index (χ1n) is 11.6. The van der Waals surface area contributed by atoms with Gasteiger partial charge in [0.1, 0.15) is 0 Å². The van der Waals surface area contributed by atoms with Gasteiger partial charge in [0, 0.05) is 13.0 Å². The number of unbranched alkanes of at least 4 members (excludes halogenated alkanes) is 11. The monoisotopic (exact) mass is 415 g/mol. The van der Waals surface area contributed by atoms with Crippen molar-refractivity contribution in [3.63, 3.8) is 0 Å². The molecule has 172 valence electrons. The number of nitrogens with zero attached hydrogens (tertiary/aromatic N) is 1. The standard InChI is InChI=1S/C23H45NO5/c1-2-3-4-5-6-7-8-9-10-11-12-13-14-15-16-17-22(27)24(19-23(28)29)18-21(26)20-25/h9-10,21,23,25-26,28-29H,2-8,11-20H2,1H3. The van der Waals surface area contributed by atoms with Crippen molar-refractivity contribution < 1.29 is 25.2 Å². The number of hydrogen-bond donors (Lipinski definition) is 4. The highest BCUT2D eigenvalue weighted by molar-refractivity contribution is 5.76. The molecule has 0 aliphatic heterocycles. The first kappa shape index (κ1) is 28.1. The van der Waals surface area contributed by atoms with Crippen LogP contribution < -0.4 is 0 Å². The summed E-state index contributed by atoms with van der Waals surface area (Å²) in [7, 11) is 0. The van der Waals surface area contributed by atoms with Crippen LogP contribution in [0.15, 0.2) is 12.2 Å². The summed E-state index contributed by atoms with van der Waals surface area (Å²) >= 11 is 0. The summed E-state index contributed by atoms with van der Waals surface area (Å²) < 4.78 is 0. The van der Waals surface area contributed by atoms with E-state index in [0.29, 0.717) is 6.42 Å². The molecule has 29 heavy (non-hydrogen) atoms. The summed E-state index contributed by atoms with van der Waals surface area (Å²) in [5.74, 6) is -0.219. The molecule has 6 nitrogen and oxygen atoms in total. The van der Waals surface area contributed by atoms with Crippen molar-refractivity contribution in [3.05, 3.63) is 12.2 Å². The molecule has 0 aromatic carbocycles. The number of aliphatic hydroxyl groups is 4. The van der Waals surface area contributed by atoms with Crippen molar-refractivity contribution in [2.24, 2.45) is 0 Å². The molecule has 1 unspecified atom stereocenters. The van der Waals surface area contributed by atoms with E-state index in [1.807, 2.05) is 0 Å². The molecule has 0 rings (SSSR count). The third-order valence-corrected chi connectivity index (χ3v) is 5.03. The predicted molar refractivity (Wildman–Crippen MR) is 117 cm³/mol. The van der Waals surface area contributed by atoms with Gasteiger partial charge in [-0.25, -0.2) is 0 Å². The van der Waals surface area contributed by atoms with E-state index in [-0.39, 0.29) is 19.0 Å². The largest absolute Gasteiger partial charge is 0.394 e. The summed E-state index contributed by atoms with van der Waals surface area (Å²) in [6.45, 7) is 1.45. The summed E-state index contributed by atoms with van der Waals surface area (Å²) in [6.07, 6.45) is 17.7. The number of hydrogen-bond acceptors (Lipinski definition) is 5.